The molecule has 0 aliphatic rings. The van der Waals surface area contributed by atoms with E-state index in [1.165, 1.54) is 0 Å². The molecule has 0 aliphatic heterocycles. The Balaban J connectivity index is 1.94. The first-order valence-electron chi connectivity index (χ1n) is 7.46. The second kappa shape index (κ2) is 7.56. The Morgan fingerprint density at radius 1 is 1.12 bits per heavy atom. The molecule has 0 unspecified atom stereocenters. The summed E-state index contributed by atoms with van der Waals surface area (Å²) in [5.74, 6) is 0.860. The van der Waals surface area contributed by atoms with Gasteiger partial charge in [0.2, 0.25) is 0 Å². The Kier molecular flexibility index (Phi) is 5.22. The van der Waals surface area contributed by atoms with Crippen LogP contribution in [0.3, 0.4) is 0 Å². The van der Waals surface area contributed by atoms with E-state index in [0.29, 0.717) is 22.7 Å². The van der Waals surface area contributed by atoms with Crippen molar-refractivity contribution in [1.82, 2.24) is 9.78 Å². The van der Waals surface area contributed by atoms with Crippen LogP contribution in [0, 0.1) is 3.57 Å². The topological polar surface area (TPSA) is 65.4 Å². The summed E-state index contributed by atoms with van der Waals surface area (Å²) in [7, 11) is 3.10. The highest BCUT2D eigenvalue weighted by Crippen LogP contribution is 2.32. The van der Waals surface area contributed by atoms with Crippen molar-refractivity contribution in [3.8, 4) is 17.2 Å². The lowest BCUT2D eigenvalue weighted by molar-refractivity contribution is 0.102. The zero-order valence-corrected chi connectivity index (χ0v) is 15.9. The largest absolute Gasteiger partial charge is 0.493 e. The SMILES string of the molecule is COc1cc(I)c(C(=O)Nc2ccccc2-n2cccn2)cc1OC. The molecule has 0 radical (unpaired) electrons. The number of hydrogen-bond donors (Lipinski definition) is 1. The first-order chi connectivity index (χ1) is 12.1. The van der Waals surface area contributed by atoms with Crippen LogP contribution < -0.4 is 14.8 Å². The maximum Gasteiger partial charge on any atom is 0.256 e. The monoisotopic (exact) mass is 449 g/mol. The molecule has 1 heterocycles. The second-order valence-corrected chi connectivity index (χ2v) is 6.27. The highest BCUT2D eigenvalue weighted by Gasteiger charge is 2.17. The Bertz CT molecular complexity index is 895. The van der Waals surface area contributed by atoms with Crippen molar-refractivity contribution in [3.05, 3.63) is 64.0 Å². The van der Waals surface area contributed by atoms with Gasteiger partial charge in [-0.25, -0.2) is 4.68 Å². The fourth-order valence-corrected chi connectivity index (χ4v) is 3.09. The van der Waals surface area contributed by atoms with Crippen molar-refractivity contribution < 1.29 is 14.3 Å². The third kappa shape index (κ3) is 3.60. The maximum atomic E-state index is 12.8. The van der Waals surface area contributed by atoms with Crippen molar-refractivity contribution in [2.45, 2.75) is 0 Å². The van der Waals surface area contributed by atoms with Gasteiger partial charge in [0.25, 0.3) is 5.91 Å². The lowest BCUT2D eigenvalue weighted by Gasteiger charge is -2.14. The molecule has 0 saturated heterocycles. The second-order valence-electron chi connectivity index (χ2n) is 5.11. The number of para-hydroxylation sites is 2. The number of benzene rings is 2. The molecule has 7 heteroatoms. The van der Waals surface area contributed by atoms with Crippen LogP contribution in [-0.4, -0.2) is 29.9 Å². The summed E-state index contributed by atoms with van der Waals surface area (Å²) < 4.78 is 13.0. The highest BCUT2D eigenvalue weighted by molar-refractivity contribution is 14.1. The van der Waals surface area contributed by atoms with Gasteiger partial charge in [0.15, 0.2) is 11.5 Å². The minimum atomic E-state index is -0.232. The number of rotatable bonds is 5. The van der Waals surface area contributed by atoms with Gasteiger partial charge in [0.1, 0.15) is 0 Å². The van der Waals surface area contributed by atoms with Crippen LogP contribution >= 0.6 is 22.6 Å². The number of ether oxygens (including phenoxy) is 2. The van der Waals surface area contributed by atoms with E-state index >= 15 is 0 Å². The summed E-state index contributed by atoms with van der Waals surface area (Å²) in [5.41, 5.74) is 1.96. The molecule has 1 N–H and O–H groups in total. The lowest BCUT2D eigenvalue weighted by atomic mass is 10.1. The van der Waals surface area contributed by atoms with E-state index in [1.807, 2.05) is 36.5 Å². The van der Waals surface area contributed by atoms with Crippen molar-refractivity contribution >= 4 is 34.2 Å². The van der Waals surface area contributed by atoms with E-state index in [0.717, 1.165) is 9.26 Å². The Labute approximate surface area is 158 Å². The van der Waals surface area contributed by atoms with Crippen LogP contribution in [-0.2, 0) is 0 Å². The number of carbonyl (C=O) groups is 1. The molecule has 0 bridgehead atoms. The first kappa shape index (κ1) is 17.3. The van der Waals surface area contributed by atoms with Crippen molar-refractivity contribution in [2.75, 3.05) is 19.5 Å². The van der Waals surface area contributed by atoms with Gasteiger partial charge in [-0.3, -0.25) is 4.79 Å². The van der Waals surface area contributed by atoms with Gasteiger partial charge in [-0.15, -0.1) is 0 Å². The van der Waals surface area contributed by atoms with Gasteiger partial charge < -0.3 is 14.8 Å². The predicted molar refractivity (Wildman–Crippen MR) is 104 cm³/mol. The van der Waals surface area contributed by atoms with Gasteiger partial charge in [-0.2, -0.15) is 5.10 Å². The average molecular weight is 449 g/mol. The van der Waals surface area contributed by atoms with Gasteiger partial charge >= 0.3 is 0 Å². The number of nitrogens with one attached hydrogen (secondary N) is 1. The number of amides is 1. The molecule has 0 spiro atoms. The molecule has 2 aromatic carbocycles. The first-order valence-corrected chi connectivity index (χ1v) is 8.54. The number of anilines is 1. The Morgan fingerprint density at radius 3 is 2.52 bits per heavy atom. The van der Waals surface area contributed by atoms with Crippen LogP contribution in [0.15, 0.2) is 54.9 Å². The van der Waals surface area contributed by atoms with Crippen LogP contribution in [0.25, 0.3) is 5.69 Å². The van der Waals surface area contributed by atoms with E-state index in [9.17, 15) is 4.79 Å². The molecule has 128 valence electrons. The fraction of sp³-hybridized carbons (Fsp3) is 0.111. The van der Waals surface area contributed by atoms with Crippen molar-refractivity contribution in [3.63, 3.8) is 0 Å². The molecule has 6 nitrogen and oxygen atoms in total. The summed E-state index contributed by atoms with van der Waals surface area (Å²) in [6, 6.07) is 12.8. The lowest BCUT2D eigenvalue weighted by Crippen LogP contribution is -2.15. The van der Waals surface area contributed by atoms with Gasteiger partial charge in [-0.05, 0) is 52.9 Å². The van der Waals surface area contributed by atoms with Crippen LogP contribution in [0.2, 0.25) is 0 Å². The number of carbonyl (C=O) groups excluding carboxylic acids is 1. The van der Waals surface area contributed by atoms with Crippen LogP contribution in [0.1, 0.15) is 10.4 Å². The minimum absolute atomic E-state index is 0.232. The molecule has 0 fully saturated rings. The summed E-state index contributed by atoms with van der Waals surface area (Å²) in [6.07, 6.45) is 3.51. The molecule has 1 aromatic heterocycles. The van der Waals surface area contributed by atoms with Gasteiger partial charge in [0, 0.05) is 16.0 Å². The van der Waals surface area contributed by atoms with Crippen LogP contribution in [0.4, 0.5) is 5.69 Å². The molecule has 0 saturated carbocycles. The highest BCUT2D eigenvalue weighted by atomic mass is 127. The summed E-state index contributed by atoms with van der Waals surface area (Å²) >= 11 is 2.11. The molecule has 3 rings (SSSR count). The Hall–Kier alpha value is -2.55. The van der Waals surface area contributed by atoms with E-state index in [-0.39, 0.29) is 5.91 Å². The predicted octanol–water partition coefficient (Wildman–Crippen LogP) is 3.75. The quantitative estimate of drug-likeness (QED) is 0.603. The third-order valence-electron chi connectivity index (χ3n) is 3.62. The summed E-state index contributed by atoms with van der Waals surface area (Å²) in [4.78, 5) is 12.8. The van der Waals surface area contributed by atoms with Crippen molar-refractivity contribution in [1.29, 1.82) is 0 Å². The molecular weight excluding hydrogens is 433 g/mol. The zero-order chi connectivity index (χ0) is 17.8. The fourth-order valence-electron chi connectivity index (χ4n) is 2.41. The number of halogens is 1. The van der Waals surface area contributed by atoms with E-state index in [2.05, 4.69) is 33.0 Å². The molecule has 0 atom stereocenters. The van der Waals surface area contributed by atoms with E-state index in [1.54, 1.807) is 37.2 Å². The smallest absolute Gasteiger partial charge is 0.256 e. The standard InChI is InChI=1S/C18H16IN3O3/c1-24-16-10-12(13(19)11-17(16)25-2)18(23)21-14-6-3-4-7-15(14)22-9-5-8-20-22/h3-11H,1-2H3,(H,21,23). The normalized spacial score (nSPS) is 10.4. The zero-order valence-electron chi connectivity index (χ0n) is 13.7. The number of nitrogens with zero attached hydrogens (tertiary/aromatic N) is 2. The van der Waals surface area contributed by atoms with E-state index < -0.39 is 0 Å². The van der Waals surface area contributed by atoms with Crippen molar-refractivity contribution in [2.24, 2.45) is 0 Å². The van der Waals surface area contributed by atoms with Crippen LogP contribution in [0.5, 0.6) is 11.5 Å². The molecular formula is C18H16IN3O3. The number of hydrogen-bond acceptors (Lipinski definition) is 4. The molecule has 1 amide bonds. The summed E-state index contributed by atoms with van der Waals surface area (Å²) in [5, 5.41) is 7.17. The number of methoxy groups -OCH3 is 2. The average Bonchev–Trinajstić information content (AvgIpc) is 3.16. The minimum Gasteiger partial charge on any atom is -0.493 e. The number of aromatic nitrogens is 2. The van der Waals surface area contributed by atoms with Gasteiger partial charge in [0.05, 0.1) is 31.2 Å². The molecule has 0 aliphatic carbocycles. The summed E-state index contributed by atoms with van der Waals surface area (Å²) in [6.45, 7) is 0. The Morgan fingerprint density at radius 2 is 1.84 bits per heavy atom. The van der Waals surface area contributed by atoms with Gasteiger partial charge in [-0.1, -0.05) is 12.1 Å². The van der Waals surface area contributed by atoms with E-state index in [4.69, 9.17) is 9.47 Å². The molecule has 25 heavy (non-hydrogen) atoms. The molecule has 3 aromatic rings. The third-order valence-corrected chi connectivity index (χ3v) is 4.51. The maximum absolute atomic E-state index is 12.8.